The van der Waals surface area contributed by atoms with Gasteiger partial charge < -0.3 is 9.47 Å². The SMILES string of the molecule is C=Cc1ccc2c(Cc3ccc(OCCN4CCCCC4)cc3)c(-c3ccc(OC(=O)CCC)cc3)sc2c1. The first-order valence-electron chi connectivity index (χ1n) is 14.1. The molecular formula is C34H37NO3S. The number of hydrogen-bond acceptors (Lipinski definition) is 5. The molecule has 0 atom stereocenters. The topological polar surface area (TPSA) is 38.8 Å². The first-order chi connectivity index (χ1) is 19.1. The Labute approximate surface area is 235 Å². The van der Waals surface area contributed by atoms with Gasteiger partial charge in [-0.05, 0) is 109 Å². The van der Waals surface area contributed by atoms with Gasteiger partial charge in [0.25, 0.3) is 0 Å². The van der Waals surface area contributed by atoms with Crippen molar-refractivity contribution in [2.75, 3.05) is 26.2 Å². The van der Waals surface area contributed by atoms with E-state index in [1.165, 1.54) is 58.4 Å². The summed E-state index contributed by atoms with van der Waals surface area (Å²) < 4.78 is 12.8. The molecule has 3 aromatic carbocycles. The Morgan fingerprint density at radius 1 is 0.974 bits per heavy atom. The predicted molar refractivity (Wildman–Crippen MR) is 163 cm³/mol. The molecular weight excluding hydrogens is 502 g/mol. The number of fused-ring (bicyclic) bond motifs is 1. The number of hydrogen-bond donors (Lipinski definition) is 0. The molecule has 4 aromatic rings. The van der Waals surface area contributed by atoms with Crippen molar-refractivity contribution in [2.45, 2.75) is 45.4 Å². The molecule has 5 rings (SSSR count). The number of rotatable bonds is 11. The van der Waals surface area contributed by atoms with Crippen molar-refractivity contribution in [1.29, 1.82) is 0 Å². The second-order valence-corrected chi connectivity index (χ2v) is 11.2. The predicted octanol–water partition coefficient (Wildman–Crippen LogP) is 8.37. The molecule has 4 nitrogen and oxygen atoms in total. The van der Waals surface area contributed by atoms with Gasteiger partial charge in [0.05, 0.1) is 0 Å². The molecule has 1 aliphatic rings. The van der Waals surface area contributed by atoms with Gasteiger partial charge in [0, 0.05) is 22.5 Å². The van der Waals surface area contributed by atoms with Crippen LogP contribution in [0.5, 0.6) is 11.5 Å². The minimum absolute atomic E-state index is 0.191. The highest BCUT2D eigenvalue weighted by Gasteiger charge is 2.16. The molecule has 0 spiro atoms. The van der Waals surface area contributed by atoms with Gasteiger partial charge in [-0.2, -0.15) is 0 Å². The molecule has 1 aromatic heterocycles. The number of likely N-dealkylation sites (tertiary alicyclic amines) is 1. The van der Waals surface area contributed by atoms with Gasteiger partial charge >= 0.3 is 5.97 Å². The molecule has 0 saturated carbocycles. The number of piperidine rings is 1. The van der Waals surface area contributed by atoms with Crippen molar-refractivity contribution in [3.63, 3.8) is 0 Å². The number of carbonyl (C=O) groups excluding carboxylic acids is 1. The van der Waals surface area contributed by atoms with Crippen LogP contribution in [0.15, 0.2) is 73.3 Å². The highest BCUT2D eigenvalue weighted by atomic mass is 32.1. The highest BCUT2D eigenvalue weighted by Crippen LogP contribution is 2.41. The Morgan fingerprint density at radius 3 is 2.44 bits per heavy atom. The number of benzene rings is 3. The van der Waals surface area contributed by atoms with Gasteiger partial charge in [-0.25, -0.2) is 0 Å². The summed E-state index contributed by atoms with van der Waals surface area (Å²) in [5.74, 6) is 1.32. The molecule has 1 fully saturated rings. The van der Waals surface area contributed by atoms with E-state index in [-0.39, 0.29) is 5.97 Å². The highest BCUT2D eigenvalue weighted by molar-refractivity contribution is 7.22. The van der Waals surface area contributed by atoms with Crippen LogP contribution in [0, 0.1) is 0 Å². The summed E-state index contributed by atoms with van der Waals surface area (Å²) in [4.78, 5) is 15.7. The van der Waals surface area contributed by atoms with Crippen molar-refractivity contribution in [3.05, 3.63) is 90.0 Å². The van der Waals surface area contributed by atoms with Gasteiger partial charge in [-0.1, -0.05) is 50.3 Å². The molecule has 0 bridgehead atoms. The van der Waals surface area contributed by atoms with Crippen molar-refractivity contribution in [3.8, 4) is 21.9 Å². The monoisotopic (exact) mass is 539 g/mol. The van der Waals surface area contributed by atoms with Crippen molar-refractivity contribution in [2.24, 2.45) is 0 Å². The molecule has 202 valence electrons. The van der Waals surface area contributed by atoms with Crippen LogP contribution < -0.4 is 9.47 Å². The molecule has 1 saturated heterocycles. The van der Waals surface area contributed by atoms with Gasteiger partial charge in [0.1, 0.15) is 18.1 Å². The number of esters is 1. The van der Waals surface area contributed by atoms with E-state index in [0.29, 0.717) is 12.2 Å². The first kappa shape index (κ1) is 27.2. The van der Waals surface area contributed by atoms with E-state index >= 15 is 0 Å². The largest absolute Gasteiger partial charge is 0.492 e. The molecule has 5 heteroatoms. The third kappa shape index (κ3) is 6.97. The molecule has 0 unspecified atom stereocenters. The lowest BCUT2D eigenvalue weighted by Crippen LogP contribution is -2.33. The fourth-order valence-corrected chi connectivity index (χ4v) is 6.42. The molecule has 0 amide bonds. The van der Waals surface area contributed by atoms with Crippen molar-refractivity contribution in [1.82, 2.24) is 4.90 Å². The smallest absolute Gasteiger partial charge is 0.311 e. The van der Waals surface area contributed by atoms with Crippen LogP contribution in [-0.4, -0.2) is 37.1 Å². The van der Waals surface area contributed by atoms with Crippen LogP contribution >= 0.6 is 11.3 Å². The zero-order chi connectivity index (χ0) is 27.0. The Morgan fingerprint density at radius 2 is 1.72 bits per heavy atom. The quantitative estimate of drug-likeness (QED) is 0.142. The van der Waals surface area contributed by atoms with E-state index in [0.717, 1.165) is 42.9 Å². The van der Waals surface area contributed by atoms with Gasteiger partial charge in [-0.15, -0.1) is 11.3 Å². The minimum atomic E-state index is -0.191. The van der Waals surface area contributed by atoms with Gasteiger partial charge in [0.2, 0.25) is 0 Å². The maximum absolute atomic E-state index is 11.9. The van der Waals surface area contributed by atoms with Crippen molar-refractivity contribution < 1.29 is 14.3 Å². The van der Waals surface area contributed by atoms with E-state index in [4.69, 9.17) is 9.47 Å². The van der Waals surface area contributed by atoms with Crippen LogP contribution in [0.2, 0.25) is 0 Å². The number of thiophene rings is 1. The molecule has 0 N–H and O–H groups in total. The number of nitrogens with zero attached hydrogens (tertiary/aromatic N) is 1. The molecule has 0 radical (unpaired) electrons. The summed E-state index contributed by atoms with van der Waals surface area (Å²) in [5.41, 5.74) is 4.79. The lowest BCUT2D eigenvalue weighted by atomic mass is 9.98. The van der Waals surface area contributed by atoms with E-state index in [2.05, 4.69) is 66.1 Å². The summed E-state index contributed by atoms with van der Waals surface area (Å²) in [6.45, 7) is 10.0. The van der Waals surface area contributed by atoms with Crippen LogP contribution in [-0.2, 0) is 11.2 Å². The summed E-state index contributed by atoms with van der Waals surface area (Å²) in [7, 11) is 0. The second kappa shape index (κ2) is 13.1. The van der Waals surface area contributed by atoms with Crippen LogP contribution in [0.1, 0.15) is 55.7 Å². The fraction of sp³-hybridized carbons (Fsp3) is 0.324. The minimum Gasteiger partial charge on any atom is -0.492 e. The third-order valence-electron chi connectivity index (χ3n) is 7.28. The molecule has 0 aliphatic carbocycles. The number of carbonyl (C=O) groups is 1. The Kier molecular flexibility index (Phi) is 9.12. The maximum Gasteiger partial charge on any atom is 0.311 e. The Balaban J connectivity index is 1.34. The zero-order valence-electron chi connectivity index (χ0n) is 22.8. The summed E-state index contributed by atoms with van der Waals surface area (Å²) in [6, 6.07) is 23.0. The van der Waals surface area contributed by atoms with E-state index < -0.39 is 0 Å². The van der Waals surface area contributed by atoms with Crippen molar-refractivity contribution >= 4 is 33.5 Å². The van der Waals surface area contributed by atoms with Crippen LogP contribution in [0.4, 0.5) is 0 Å². The maximum atomic E-state index is 11.9. The van der Waals surface area contributed by atoms with E-state index in [9.17, 15) is 4.79 Å². The standard InChI is InChI=1S/C34H37NO3S/c1-3-8-33(36)38-29-16-12-27(13-17-29)34-31(30-18-11-25(4-2)24-32(30)39-34)23-26-9-14-28(15-10-26)37-22-21-35-19-6-5-7-20-35/h4,9-18,24H,2-3,5-8,19-23H2,1H3. The Bertz CT molecular complexity index is 1400. The first-order valence-corrected chi connectivity index (χ1v) is 14.9. The molecule has 39 heavy (non-hydrogen) atoms. The average molecular weight is 540 g/mol. The van der Waals surface area contributed by atoms with Crippen LogP contribution in [0.25, 0.3) is 26.6 Å². The fourth-order valence-electron chi connectivity index (χ4n) is 5.15. The Hall–Kier alpha value is -3.41. The summed E-state index contributed by atoms with van der Waals surface area (Å²) in [5, 5.41) is 1.26. The second-order valence-electron chi connectivity index (χ2n) is 10.2. The normalized spacial score (nSPS) is 13.9. The van der Waals surface area contributed by atoms with E-state index in [1.54, 1.807) is 11.3 Å². The molecule has 1 aliphatic heterocycles. The number of ether oxygens (including phenoxy) is 2. The zero-order valence-corrected chi connectivity index (χ0v) is 23.6. The lowest BCUT2D eigenvalue weighted by molar-refractivity contribution is -0.134. The lowest BCUT2D eigenvalue weighted by Gasteiger charge is -2.26. The van der Waals surface area contributed by atoms with Gasteiger partial charge in [-0.3, -0.25) is 9.69 Å². The molecule has 2 heterocycles. The summed E-state index contributed by atoms with van der Waals surface area (Å²) in [6.07, 6.45) is 7.89. The van der Waals surface area contributed by atoms with Crippen LogP contribution in [0.3, 0.4) is 0 Å². The average Bonchev–Trinajstić information content (AvgIpc) is 3.32. The summed E-state index contributed by atoms with van der Waals surface area (Å²) >= 11 is 1.80. The van der Waals surface area contributed by atoms with E-state index in [1.807, 2.05) is 25.1 Å². The van der Waals surface area contributed by atoms with Gasteiger partial charge in [0.15, 0.2) is 0 Å². The third-order valence-corrected chi connectivity index (χ3v) is 8.53.